The average Bonchev–Trinajstić information content (AvgIpc) is 2.97. The molecule has 0 aromatic carbocycles. The second-order valence-corrected chi connectivity index (χ2v) is 4.16. The van der Waals surface area contributed by atoms with Crippen molar-refractivity contribution in [3.63, 3.8) is 0 Å². The second-order valence-electron chi connectivity index (χ2n) is 4.16. The van der Waals surface area contributed by atoms with Gasteiger partial charge < -0.3 is 10.6 Å². The van der Waals surface area contributed by atoms with E-state index < -0.39 is 0 Å². The van der Waals surface area contributed by atoms with E-state index in [4.69, 9.17) is 5.73 Å². The molecular formula is C11H22N2O. The fourth-order valence-corrected chi connectivity index (χ4v) is 1.75. The van der Waals surface area contributed by atoms with Gasteiger partial charge in [-0.1, -0.05) is 20.3 Å². The standard InChI is InChI=1S/C11H22N2O/c1-3-5-10(12)11(14)13(8-4-2)9-6-7-9/h9-10H,3-8,12H2,1-2H3/t10-/m1/s1. The molecule has 3 heteroatoms. The fraction of sp³-hybridized carbons (Fsp3) is 0.909. The first-order valence-electron chi connectivity index (χ1n) is 5.76. The lowest BCUT2D eigenvalue weighted by molar-refractivity contribution is -0.133. The summed E-state index contributed by atoms with van der Waals surface area (Å²) >= 11 is 0. The lowest BCUT2D eigenvalue weighted by Crippen LogP contribution is -2.45. The Hall–Kier alpha value is -0.570. The molecule has 0 unspecified atom stereocenters. The molecule has 82 valence electrons. The first kappa shape index (κ1) is 11.5. The fourth-order valence-electron chi connectivity index (χ4n) is 1.75. The van der Waals surface area contributed by atoms with Gasteiger partial charge in [-0.25, -0.2) is 0 Å². The monoisotopic (exact) mass is 198 g/mol. The largest absolute Gasteiger partial charge is 0.338 e. The molecule has 0 saturated heterocycles. The van der Waals surface area contributed by atoms with Crippen LogP contribution in [0.1, 0.15) is 46.0 Å². The van der Waals surface area contributed by atoms with Gasteiger partial charge in [-0.2, -0.15) is 0 Å². The lowest BCUT2D eigenvalue weighted by atomic mass is 10.1. The zero-order valence-electron chi connectivity index (χ0n) is 9.33. The maximum Gasteiger partial charge on any atom is 0.239 e. The van der Waals surface area contributed by atoms with E-state index in [2.05, 4.69) is 13.8 Å². The van der Waals surface area contributed by atoms with Crippen molar-refractivity contribution >= 4 is 5.91 Å². The Balaban J connectivity index is 2.44. The molecule has 1 atom stereocenters. The van der Waals surface area contributed by atoms with E-state index >= 15 is 0 Å². The first-order chi connectivity index (χ1) is 6.70. The van der Waals surface area contributed by atoms with Crippen molar-refractivity contribution < 1.29 is 4.79 Å². The van der Waals surface area contributed by atoms with Gasteiger partial charge in [-0.05, 0) is 25.7 Å². The van der Waals surface area contributed by atoms with E-state index in [1.165, 1.54) is 12.8 Å². The van der Waals surface area contributed by atoms with Gasteiger partial charge in [0.2, 0.25) is 5.91 Å². The minimum absolute atomic E-state index is 0.163. The summed E-state index contributed by atoms with van der Waals surface area (Å²) in [4.78, 5) is 13.9. The summed E-state index contributed by atoms with van der Waals surface area (Å²) in [5.41, 5.74) is 5.83. The molecule has 1 aliphatic rings. The van der Waals surface area contributed by atoms with Gasteiger partial charge in [-0.3, -0.25) is 4.79 Å². The van der Waals surface area contributed by atoms with E-state index in [0.29, 0.717) is 6.04 Å². The summed E-state index contributed by atoms with van der Waals surface area (Å²) in [5, 5.41) is 0. The summed E-state index contributed by atoms with van der Waals surface area (Å²) < 4.78 is 0. The third-order valence-corrected chi connectivity index (χ3v) is 2.65. The van der Waals surface area contributed by atoms with E-state index in [9.17, 15) is 4.79 Å². The van der Waals surface area contributed by atoms with Crippen LogP contribution in [0, 0.1) is 0 Å². The summed E-state index contributed by atoms with van der Waals surface area (Å²) in [6, 6.07) is 0.234. The average molecular weight is 198 g/mol. The van der Waals surface area contributed by atoms with Crippen molar-refractivity contribution in [3.8, 4) is 0 Å². The maximum absolute atomic E-state index is 11.9. The number of rotatable bonds is 6. The van der Waals surface area contributed by atoms with Crippen LogP contribution in [0.3, 0.4) is 0 Å². The van der Waals surface area contributed by atoms with Crippen molar-refractivity contribution in [2.45, 2.75) is 58.0 Å². The highest BCUT2D eigenvalue weighted by Crippen LogP contribution is 2.27. The number of amides is 1. The molecule has 2 N–H and O–H groups in total. The summed E-state index contributed by atoms with van der Waals surface area (Å²) in [5.74, 6) is 0.163. The van der Waals surface area contributed by atoms with Crippen LogP contribution in [0.2, 0.25) is 0 Å². The molecule has 0 heterocycles. The Bertz CT molecular complexity index is 190. The van der Waals surface area contributed by atoms with Crippen LogP contribution in [0.25, 0.3) is 0 Å². The molecule has 1 aliphatic carbocycles. The Morgan fingerprint density at radius 2 is 2.07 bits per heavy atom. The van der Waals surface area contributed by atoms with E-state index in [0.717, 1.165) is 25.8 Å². The van der Waals surface area contributed by atoms with Gasteiger partial charge in [0.1, 0.15) is 0 Å². The maximum atomic E-state index is 11.9. The molecular weight excluding hydrogens is 176 g/mol. The minimum atomic E-state index is -0.271. The predicted octanol–water partition coefficient (Wildman–Crippen LogP) is 1.51. The zero-order chi connectivity index (χ0) is 10.6. The van der Waals surface area contributed by atoms with Crippen LogP contribution in [-0.2, 0) is 4.79 Å². The van der Waals surface area contributed by atoms with Crippen molar-refractivity contribution in [2.24, 2.45) is 5.73 Å². The lowest BCUT2D eigenvalue weighted by Gasteiger charge is -2.25. The highest BCUT2D eigenvalue weighted by molar-refractivity contribution is 5.82. The SMILES string of the molecule is CCC[C@@H](N)C(=O)N(CCC)C1CC1. The van der Waals surface area contributed by atoms with Crippen LogP contribution < -0.4 is 5.73 Å². The van der Waals surface area contributed by atoms with Gasteiger partial charge in [0, 0.05) is 12.6 Å². The predicted molar refractivity (Wildman–Crippen MR) is 57.9 cm³/mol. The molecule has 3 nitrogen and oxygen atoms in total. The van der Waals surface area contributed by atoms with Crippen molar-refractivity contribution in [1.29, 1.82) is 0 Å². The Morgan fingerprint density at radius 3 is 2.50 bits per heavy atom. The normalized spacial score (nSPS) is 17.9. The minimum Gasteiger partial charge on any atom is -0.338 e. The van der Waals surface area contributed by atoms with E-state index in [-0.39, 0.29) is 11.9 Å². The summed E-state index contributed by atoms with van der Waals surface area (Å²) in [6.07, 6.45) is 5.17. The third kappa shape index (κ3) is 2.98. The van der Waals surface area contributed by atoms with Gasteiger partial charge in [-0.15, -0.1) is 0 Å². The summed E-state index contributed by atoms with van der Waals surface area (Å²) in [7, 11) is 0. The second kappa shape index (κ2) is 5.35. The van der Waals surface area contributed by atoms with Crippen LogP contribution in [0.5, 0.6) is 0 Å². The molecule has 0 bridgehead atoms. The number of carbonyl (C=O) groups is 1. The molecule has 0 aliphatic heterocycles. The topological polar surface area (TPSA) is 46.3 Å². The highest BCUT2D eigenvalue weighted by atomic mass is 16.2. The van der Waals surface area contributed by atoms with E-state index in [1.54, 1.807) is 0 Å². The van der Waals surface area contributed by atoms with Gasteiger partial charge in [0.05, 0.1) is 6.04 Å². The zero-order valence-corrected chi connectivity index (χ0v) is 9.33. The summed E-state index contributed by atoms with van der Waals surface area (Å²) in [6.45, 7) is 5.04. The van der Waals surface area contributed by atoms with Crippen LogP contribution in [0.15, 0.2) is 0 Å². The first-order valence-corrected chi connectivity index (χ1v) is 5.76. The molecule has 0 radical (unpaired) electrons. The Kier molecular flexibility index (Phi) is 4.39. The number of nitrogens with zero attached hydrogens (tertiary/aromatic N) is 1. The Morgan fingerprint density at radius 1 is 1.43 bits per heavy atom. The van der Waals surface area contributed by atoms with Gasteiger partial charge >= 0.3 is 0 Å². The van der Waals surface area contributed by atoms with Crippen molar-refractivity contribution in [3.05, 3.63) is 0 Å². The molecule has 0 aromatic heterocycles. The quantitative estimate of drug-likeness (QED) is 0.703. The molecule has 0 aromatic rings. The number of hydrogen-bond acceptors (Lipinski definition) is 2. The van der Waals surface area contributed by atoms with Crippen LogP contribution in [-0.4, -0.2) is 29.4 Å². The van der Waals surface area contributed by atoms with Gasteiger partial charge in [0.15, 0.2) is 0 Å². The van der Waals surface area contributed by atoms with E-state index in [1.807, 2.05) is 4.90 Å². The van der Waals surface area contributed by atoms with Crippen LogP contribution in [0.4, 0.5) is 0 Å². The smallest absolute Gasteiger partial charge is 0.239 e. The molecule has 14 heavy (non-hydrogen) atoms. The molecule has 1 rings (SSSR count). The molecule has 1 saturated carbocycles. The third-order valence-electron chi connectivity index (χ3n) is 2.65. The number of nitrogens with two attached hydrogens (primary N) is 1. The number of hydrogen-bond donors (Lipinski definition) is 1. The van der Waals surface area contributed by atoms with Crippen molar-refractivity contribution in [2.75, 3.05) is 6.54 Å². The molecule has 0 spiro atoms. The van der Waals surface area contributed by atoms with Crippen molar-refractivity contribution in [1.82, 2.24) is 4.90 Å². The Labute approximate surface area is 86.6 Å². The number of carbonyl (C=O) groups excluding carboxylic acids is 1. The van der Waals surface area contributed by atoms with Crippen LogP contribution >= 0.6 is 0 Å². The highest BCUT2D eigenvalue weighted by Gasteiger charge is 2.33. The molecule has 1 amide bonds. The molecule has 1 fully saturated rings. The van der Waals surface area contributed by atoms with Gasteiger partial charge in [0.25, 0.3) is 0 Å².